The van der Waals surface area contributed by atoms with Crippen LogP contribution in [0.25, 0.3) is 0 Å². The Morgan fingerprint density at radius 1 is 0.826 bits per heavy atom. The van der Waals surface area contributed by atoms with E-state index in [4.69, 9.17) is 9.47 Å². The third kappa shape index (κ3) is 5.28. The number of carbonyl (C=O) groups excluding carboxylic acids is 3. The quantitative estimate of drug-likeness (QED) is 0.535. The van der Waals surface area contributed by atoms with Crippen LogP contribution in [0.2, 0.25) is 0 Å². The fourth-order valence-corrected chi connectivity index (χ4v) is 1.86. The zero-order valence-corrected chi connectivity index (χ0v) is 12.8. The molecule has 3 aliphatic rings. The molecule has 124 valence electrons. The van der Waals surface area contributed by atoms with E-state index < -0.39 is 6.16 Å². The van der Waals surface area contributed by atoms with E-state index in [1.807, 2.05) is 0 Å². The predicted octanol–water partition coefficient (Wildman–Crippen LogP) is 2.34. The summed E-state index contributed by atoms with van der Waals surface area (Å²) in [6.45, 7) is 2.90. The molecule has 0 saturated carbocycles. The average molecular weight is 322 g/mol. The molecule has 0 spiro atoms. The first-order valence-corrected chi connectivity index (χ1v) is 7.34. The highest BCUT2D eigenvalue weighted by Crippen LogP contribution is 2.09. The lowest BCUT2D eigenvalue weighted by Crippen LogP contribution is -2.12. The average Bonchev–Trinajstić information content (AvgIpc) is 2.93. The standard InChI is InChI=1S/C12H12O4.C4H6O3/c13-11-9-3-5-10(6-4-9)12(14)16-8-2-1-7-15-11;1-3-2-6-4(5)7-3/h3-6H,1-2,7-8H2;3H,2H2,1H3. The van der Waals surface area contributed by atoms with Gasteiger partial charge in [-0.2, -0.15) is 0 Å². The summed E-state index contributed by atoms with van der Waals surface area (Å²) in [5.74, 6) is -0.694. The number of ether oxygens (including phenoxy) is 4. The summed E-state index contributed by atoms with van der Waals surface area (Å²) in [5.41, 5.74) is 0.911. The number of fused-ring (bicyclic) bond motifs is 9. The Labute approximate surface area is 133 Å². The number of cyclic esters (lactones) is 2. The number of benzene rings is 1. The van der Waals surface area contributed by atoms with E-state index in [1.54, 1.807) is 31.2 Å². The van der Waals surface area contributed by atoms with Gasteiger partial charge in [0.25, 0.3) is 0 Å². The molecule has 4 rings (SSSR count). The van der Waals surface area contributed by atoms with E-state index in [9.17, 15) is 14.4 Å². The molecule has 3 heterocycles. The molecule has 0 N–H and O–H groups in total. The van der Waals surface area contributed by atoms with Gasteiger partial charge in [0, 0.05) is 0 Å². The summed E-state index contributed by atoms with van der Waals surface area (Å²) >= 11 is 0. The number of hydrogen-bond donors (Lipinski definition) is 0. The van der Waals surface area contributed by atoms with Crippen molar-refractivity contribution in [1.29, 1.82) is 0 Å². The van der Waals surface area contributed by atoms with Crippen molar-refractivity contribution in [3.63, 3.8) is 0 Å². The SMILES string of the molecule is CC1COC(=O)O1.O=C1OCCCCOC(=O)c2ccc1cc2. The van der Waals surface area contributed by atoms with Gasteiger partial charge >= 0.3 is 18.1 Å². The second-order valence-corrected chi connectivity index (χ2v) is 5.05. The predicted molar refractivity (Wildman–Crippen MR) is 78.1 cm³/mol. The molecule has 1 fully saturated rings. The molecule has 7 heteroatoms. The maximum atomic E-state index is 11.5. The highest BCUT2D eigenvalue weighted by molar-refractivity contribution is 5.93. The topological polar surface area (TPSA) is 88.1 Å². The van der Waals surface area contributed by atoms with Crippen LogP contribution in [0.4, 0.5) is 4.79 Å². The van der Waals surface area contributed by atoms with E-state index in [2.05, 4.69) is 9.47 Å². The molecule has 23 heavy (non-hydrogen) atoms. The molecule has 3 aliphatic heterocycles. The lowest BCUT2D eigenvalue weighted by atomic mass is 10.1. The Morgan fingerprint density at radius 3 is 1.61 bits per heavy atom. The molecule has 7 nitrogen and oxygen atoms in total. The van der Waals surface area contributed by atoms with Crippen molar-refractivity contribution in [3.05, 3.63) is 35.4 Å². The zero-order valence-electron chi connectivity index (χ0n) is 12.8. The van der Waals surface area contributed by atoms with Crippen LogP contribution < -0.4 is 0 Å². The zero-order chi connectivity index (χ0) is 16.7. The van der Waals surface area contributed by atoms with E-state index in [0.29, 0.717) is 43.8 Å². The van der Waals surface area contributed by atoms with Crippen molar-refractivity contribution in [1.82, 2.24) is 0 Å². The van der Waals surface area contributed by atoms with Gasteiger partial charge in [0.15, 0.2) is 0 Å². The summed E-state index contributed by atoms with van der Waals surface area (Å²) < 4.78 is 19.0. The van der Waals surface area contributed by atoms with Crippen molar-refractivity contribution in [3.8, 4) is 0 Å². The van der Waals surface area contributed by atoms with E-state index in [-0.39, 0.29) is 18.0 Å². The molecule has 0 aromatic heterocycles. The minimum atomic E-state index is -0.549. The minimum absolute atomic E-state index is 0.0486. The van der Waals surface area contributed by atoms with Gasteiger partial charge in [-0.15, -0.1) is 0 Å². The van der Waals surface area contributed by atoms with Crippen LogP contribution in [-0.2, 0) is 18.9 Å². The first kappa shape index (κ1) is 16.8. The highest BCUT2D eigenvalue weighted by Gasteiger charge is 2.19. The molecule has 1 atom stereocenters. The summed E-state index contributed by atoms with van der Waals surface area (Å²) in [6, 6.07) is 6.28. The van der Waals surface area contributed by atoms with Gasteiger partial charge in [-0.3, -0.25) is 0 Å². The van der Waals surface area contributed by atoms with Crippen molar-refractivity contribution >= 4 is 18.1 Å². The maximum Gasteiger partial charge on any atom is 0.508 e. The van der Waals surface area contributed by atoms with E-state index >= 15 is 0 Å². The molecular formula is C16H18O7. The molecule has 0 amide bonds. The Morgan fingerprint density at radius 2 is 1.30 bits per heavy atom. The van der Waals surface area contributed by atoms with Crippen molar-refractivity contribution < 1.29 is 33.3 Å². The molecule has 0 aliphatic carbocycles. The maximum absolute atomic E-state index is 11.5. The van der Waals surface area contributed by atoms with Crippen LogP contribution in [0.5, 0.6) is 0 Å². The molecule has 2 bridgehead atoms. The van der Waals surface area contributed by atoms with Crippen LogP contribution in [0.3, 0.4) is 0 Å². The first-order chi connectivity index (χ1) is 11.1. The van der Waals surface area contributed by atoms with Gasteiger partial charge in [0.05, 0.1) is 24.3 Å². The Kier molecular flexibility index (Phi) is 5.96. The molecular weight excluding hydrogens is 304 g/mol. The van der Waals surface area contributed by atoms with Gasteiger partial charge in [-0.1, -0.05) is 0 Å². The first-order valence-electron chi connectivity index (χ1n) is 7.34. The van der Waals surface area contributed by atoms with Gasteiger partial charge in [-0.25, -0.2) is 14.4 Å². The molecule has 0 radical (unpaired) electrons. The van der Waals surface area contributed by atoms with E-state index in [0.717, 1.165) is 0 Å². The normalized spacial score (nSPS) is 20.7. The van der Waals surface area contributed by atoms with Gasteiger partial charge in [0.1, 0.15) is 12.7 Å². The molecule has 1 aromatic carbocycles. The smallest absolute Gasteiger partial charge is 0.462 e. The van der Waals surface area contributed by atoms with Crippen LogP contribution in [0.1, 0.15) is 40.5 Å². The van der Waals surface area contributed by atoms with Crippen molar-refractivity contribution in [2.24, 2.45) is 0 Å². The minimum Gasteiger partial charge on any atom is -0.462 e. The van der Waals surface area contributed by atoms with Crippen molar-refractivity contribution in [2.45, 2.75) is 25.9 Å². The Bertz CT molecular complexity index is 525. The van der Waals surface area contributed by atoms with Crippen LogP contribution in [0.15, 0.2) is 24.3 Å². The molecule has 1 aromatic rings. The van der Waals surface area contributed by atoms with Crippen LogP contribution >= 0.6 is 0 Å². The summed E-state index contributed by atoms with van der Waals surface area (Å²) in [6.07, 6.45) is 0.810. The second kappa shape index (κ2) is 8.17. The monoisotopic (exact) mass is 322 g/mol. The number of esters is 2. The van der Waals surface area contributed by atoms with E-state index in [1.165, 1.54) is 0 Å². The fourth-order valence-electron chi connectivity index (χ4n) is 1.86. The fraction of sp³-hybridized carbons (Fsp3) is 0.438. The molecule has 1 unspecified atom stereocenters. The lowest BCUT2D eigenvalue weighted by Gasteiger charge is -2.09. The number of carbonyl (C=O) groups is 3. The third-order valence-electron chi connectivity index (χ3n) is 3.09. The number of hydrogen-bond acceptors (Lipinski definition) is 7. The lowest BCUT2D eigenvalue weighted by molar-refractivity contribution is 0.0427. The van der Waals surface area contributed by atoms with Gasteiger partial charge < -0.3 is 18.9 Å². The number of rotatable bonds is 0. The second-order valence-electron chi connectivity index (χ2n) is 5.05. The van der Waals surface area contributed by atoms with Gasteiger partial charge in [0.2, 0.25) is 0 Å². The Balaban J connectivity index is 0.000000229. The Hall–Kier alpha value is -2.57. The highest BCUT2D eigenvalue weighted by atomic mass is 16.8. The van der Waals surface area contributed by atoms with Crippen LogP contribution in [0, 0.1) is 0 Å². The van der Waals surface area contributed by atoms with Crippen LogP contribution in [-0.4, -0.2) is 44.0 Å². The van der Waals surface area contributed by atoms with Crippen molar-refractivity contribution in [2.75, 3.05) is 19.8 Å². The summed E-state index contributed by atoms with van der Waals surface area (Å²) in [7, 11) is 0. The van der Waals surface area contributed by atoms with Gasteiger partial charge in [-0.05, 0) is 44.0 Å². The summed E-state index contributed by atoms with van der Waals surface area (Å²) in [4.78, 5) is 33.0. The third-order valence-corrected chi connectivity index (χ3v) is 3.09. The molecule has 1 saturated heterocycles. The largest absolute Gasteiger partial charge is 0.508 e. The summed E-state index contributed by atoms with van der Waals surface area (Å²) in [5, 5.41) is 0.